The normalized spacial score (nSPS) is 27.6. The Labute approximate surface area is 120 Å². The number of ether oxygens (including phenoxy) is 1. The Kier molecular flexibility index (Phi) is 9.54. The lowest BCUT2D eigenvalue weighted by Gasteiger charge is -2.36. The summed E-state index contributed by atoms with van der Waals surface area (Å²) in [6.45, 7) is 10.8. The highest BCUT2D eigenvalue weighted by atomic mass is 16.5. The summed E-state index contributed by atoms with van der Waals surface area (Å²) in [5, 5.41) is 3.57. The van der Waals surface area contributed by atoms with Gasteiger partial charge in [-0.1, -0.05) is 33.1 Å². The van der Waals surface area contributed by atoms with Gasteiger partial charge in [-0.25, -0.2) is 0 Å². The third-order valence-electron chi connectivity index (χ3n) is 4.67. The maximum Gasteiger partial charge on any atom is 0.0465 e. The van der Waals surface area contributed by atoms with Crippen LogP contribution in [-0.2, 0) is 4.74 Å². The second-order valence-corrected chi connectivity index (χ2v) is 6.13. The Morgan fingerprint density at radius 2 is 1.89 bits per heavy atom. The van der Waals surface area contributed by atoms with E-state index in [1.54, 1.807) is 0 Å². The zero-order chi connectivity index (χ0) is 13.9. The monoisotopic (exact) mass is 269 g/mol. The molecule has 0 spiro atoms. The van der Waals surface area contributed by atoms with Crippen molar-refractivity contribution in [3.63, 3.8) is 0 Å². The van der Waals surface area contributed by atoms with Crippen LogP contribution in [0.2, 0.25) is 0 Å². The fourth-order valence-corrected chi connectivity index (χ4v) is 3.64. The van der Waals surface area contributed by atoms with Gasteiger partial charge in [0.15, 0.2) is 0 Å². The van der Waals surface area contributed by atoms with Gasteiger partial charge in [0.05, 0.1) is 0 Å². The Balaban J connectivity index is 2.35. The highest BCUT2D eigenvalue weighted by molar-refractivity contribution is 4.81. The highest BCUT2D eigenvalue weighted by Crippen LogP contribution is 2.38. The van der Waals surface area contributed by atoms with Crippen molar-refractivity contribution in [3.8, 4) is 0 Å². The Morgan fingerprint density at radius 3 is 2.58 bits per heavy atom. The molecule has 1 rings (SSSR count). The second kappa shape index (κ2) is 10.7. The lowest BCUT2D eigenvalue weighted by atomic mass is 9.71. The van der Waals surface area contributed by atoms with E-state index in [1.165, 1.54) is 51.5 Å². The van der Waals surface area contributed by atoms with E-state index >= 15 is 0 Å². The Hall–Kier alpha value is -0.0800. The van der Waals surface area contributed by atoms with Crippen LogP contribution in [0, 0.1) is 17.8 Å². The molecule has 1 saturated carbocycles. The first-order valence-corrected chi connectivity index (χ1v) is 8.60. The molecule has 0 saturated heterocycles. The molecule has 3 unspecified atom stereocenters. The molecule has 114 valence electrons. The average molecular weight is 269 g/mol. The van der Waals surface area contributed by atoms with Gasteiger partial charge in [-0.2, -0.15) is 0 Å². The van der Waals surface area contributed by atoms with E-state index in [-0.39, 0.29) is 0 Å². The SMILES string of the molecule is CCCC1CCC(CNCC)C(CCCOCC)C1. The van der Waals surface area contributed by atoms with Crippen LogP contribution in [0.4, 0.5) is 0 Å². The fourth-order valence-electron chi connectivity index (χ4n) is 3.64. The molecular formula is C17H35NO. The fraction of sp³-hybridized carbons (Fsp3) is 1.00. The van der Waals surface area contributed by atoms with Gasteiger partial charge in [-0.3, -0.25) is 0 Å². The zero-order valence-electron chi connectivity index (χ0n) is 13.4. The Bertz CT molecular complexity index is 207. The van der Waals surface area contributed by atoms with E-state index < -0.39 is 0 Å². The summed E-state index contributed by atoms with van der Waals surface area (Å²) in [6, 6.07) is 0. The third-order valence-corrected chi connectivity index (χ3v) is 4.67. The molecule has 2 nitrogen and oxygen atoms in total. The minimum absolute atomic E-state index is 0.865. The van der Waals surface area contributed by atoms with Gasteiger partial charge < -0.3 is 10.1 Å². The minimum atomic E-state index is 0.865. The van der Waals surface area contributed by atoms with E-state index in [4.69, 9.17) is 4.74 Å². The standard InChI is InChI=1S/C17H35NO/c1-4-8-15-10-11-17(14-18-5-2)16(13-15)9-7-12-19-6-3/h15-18H,4-14H2,1-3H3. The van der Waals surface area contributed by atoms with Gasteiger partial charge in [0.25, 0.3) is 0 Å². The number of hydrogen-bond acceptors (Lipinski definition) is 2. The maximum absolute atomic E-state index is 5.50. The van der Waals surface area contributed by atoms with Crippen molar-refractivity contribution in [1.29, 1.82) is 0 Å². The van der Waals surface area contributed by atoms with Gasteiger partial charge in [-0.15, -0.1) is 0 Å². The molecule has 1 fully saturated rings. The first-order chi connectivity index (χ1) is 9.31. The van der Waals surface area contributed by atoms with Crippen molar-refractivity contribution >= 4 is 0 Å². The molecule has 0 aromatic heterocycles. The van der Waals surface area contributed by atoms with E-state index in [2.05, 4.69) is 26.1 Å². The van der Waals surface area contributed by atoms with Crippen LogP contribution in [0.5, 0.6) is 0 Å². The minimum Gasteiger partial charge on any atom is -0.382 e. The van der Waals surface area contributed by atoms with Crippen molar-refractivity contribution in [2.75, 3.05) is 26.3 Å². The van der Waals surface area contributed by atoms with Crippen LogP contribution in [0.1, 0.15) is 65.7 Å². The quantitative estimate of drug-likeness (QED) is 0.599. The summed E-state index contributed by atoms with van der Waals surface area (Å²) >= 11 is 0. The molecule has 3 atom stereocenters. The molecule has 1 aliphatic carbocycles. The molecule has 0 heterocycles. The zero-order valence-corrected chi connectivity index (χ0v) is 13.4. The van der Waals surface area contributed by atoms with Crippen molar-refractivity contribution in [3.05, 3.63) is 0 Å². The predicted molar refractivity (Wildman–Crippen MR) is 83.5 cm³/mol. The molecule has 0 amide bonds. The maximum atomic E-state index is 5.50. The van der Waals surface area contributed by atoms with Crippen LogP contribution in [0.15, 0.2) is 0 Å². The molecular weight excluding hydrogens is 234 g/mol. The summed E-state index contributed by atoms with van der Waals surface area (Å²) in [5.74, 6) is 2.85. The lowest BCUT2D eigenvalue weighted by molar-refractivity contribution is 0.116. The molecule has 0 bridgehead atoms. The third kappa shape index (κ3) is 6.76. The molecule has 0 aromatic rings. The van der Waals surface area contributed by atoms with E-state index in [1.807, 2.05) is 0 Å². The van der Waals surface area contributed by atoms with Crippen LogP contribution in [0.3, 0.4) is 0 Å². The van der Waals surface area contributed by atoms with Crippen molar-refractivity contribution in [2.24, 2.45) is 17.8 Å². The summed E-state index contributed by atoms with van der Waals surface area (Å²) in [7, 11) is 0. The van der Waals surface area contributed by atoms with Gasteiger partial charge in [-0.05, 0) is 63.5 Å². The highest BCUT2D eigenvalue weighted by Gasteiger charge is 2.29. The summed E-state index contributed by atoms with van der Waals surface area (Å²) < 4.78 is 5.50. The molecule has 19 heavy (non-hydrogen) atoms. The van der Waals surface area contributed by atoms with E-state index in [0.717, 1.165) is 37.5 Å². The van der Waals surface area contributed by atoms with Crippen LogP contribution < -0.4 is 5.32 Å². The summed E-state index contributed by atoms with van der Waals surface area (Å²) in [4.78, 5) is 0. The van der Waals surface area contributed by atoms with Gasteiger partial charge >= 0.3 is 0 Å². The van der Waals surface area contributed by atoms with E-state index in [0.29, 0.717) is 0 Å². The van der Waals surface area contributed by atoms with Crippen molar-refractivity contribution in [1.82, 2.24) is 5.32 Å². The molecule has 0 radical (unpaired) electrons. The first-order valence-electron chi connectivity index (χ1n) is 8.60. The molecule has 1 N–H and O–H groups in total. The lowest BCUT2D eigenvalue weighted by Crippen LogP contribution is -2.33. The largest absolute Gasteiger partial charge is 0.382 e. The smallest absolute Gasteiger partial charge is 0.0465 e. The van der Waals surface area contributed by atoms with E-state index in [9.17, 15) is 0 Å². The van der Waals surface area contributed by atoms with Crippen LogP contribution >= 0.6 is 0 Å². The molecule has 1 aliphatic rings. The summed E-state index contributed by atoms with van der Waals surface area (Å²) in [6.07, 6.45) is 9.79. The number of hydrogen-bond donors (Lipinski definition) is 1. The second-order valence-electron chi connectivity index (χ2n) is 6.13. The Morgan fingerprint density at radius 1 is 1.05 bits per heavy atom. The van der Waals surface area contributed by atoms with Crippen molar-refractivity contribution in [2.45, 2.75) is 65.7 Å². The first kappa shape index (κ1) is 17.0. The van der Waals surface area contributed by atoms with Gasteiger partial charge in [0.1, 0.15) is 0 Å². The number of nitrogens with one attached hydrogen (secondary N) is 1. The van der Waals surface area contributed by atoms with Crippen LogP contribution in [-0.4, -0.2) is 26.3 Å². The van der Waals surface area contributed by atoms with Crippen molar-refractivity contribution < 1.29 is 4.74 Å². The topological polar surface area (TPSA) is 21.3 Å². The number of rotatable bonds is 10. The van der Waals surface area contributed by atoms with Gasteiger partial charge in [0, 0.05) is 13.2 Å². The molecule has 0 aliphatic heterocycles. The van der Waals surface area contributed by atoms with Gasteiger partial charge in [0.2, 0.25) is 0 Å². The molecule has 0 aromatic carbocycles. The summed E-state index contributed by atoms with van der Waals surface area (Å²) in [5.41, 5.74) is 0. The van der Waals surface area contributed by atoms with Crippen LogP contribution in [0.25, 0.3) is 0 Å². The average Bonchev–Trinajstić information content (AvgIpc) is 2.43. The predicted octanol–water partition coefficient (Wildman–Crippen LogP) is 4.25. The molecule has 2 heteroatoms.